The number of halogens is 1. The third-order valence-electron chi connectivity index (χ3n) is 7.78. The van der Waals surface area contributed by atoms with E-state index in [4.69, 9.17) is 9.47 Å². The molecule has 2 saturated heterocycles. The smallest absolute Gasteiger partial charge is 0.271 e. The number of benzene rings is 3. The number of carbonyl (C=O) groups is 3. The van der Waals surface area contributed by atoms with Gasteiger partial charge in [-0.25, -0.2) is 4.90 Å². The molecule has 11 heteroatoms. The number of hydrogen-bond donors (Lipinski definition) is 0. The summed E-state index contributed by atoms with van der Waals surface area (Å²) in [6.07, 6.45) is 3.64. The molecule has 3 aliphatic rings. The van der Waals surface area contributed by atoms with Gasteiger partial charge in [0, 0.05) is 23.9 Å². The molecule has 40 heavy (non-hydrogen) atoms. The summed E-state index contributed by atoms with van der Waals surface area (Å²) in [4.78, 5) is 56.1. The van der Waals surface area contributed by atoms with Crippen LogP contribution in [0.3, 0.4) is 0 Å². The normalized spacial score (nSPS) is 22.6. The number of nitro groups is 1. The number of anilines is 1. The Bertz CT molecular complexity index is 1640. The molecule has 3 aliphatic heterocycles. The van der Waals surface area contributed by atoms with E-state index in [1.165, 1.54) is 26.4 Å². The lowest BCUT2D eigenvalue weighted by molar-refractivity contribution is -0.384. The molecule has 0 radical (unpaired) electrons. The average Bonchev–Trinajstić information content (AvgIpc) is 3.44. The van der Waals surface area contributed by atoms with Crippen LogP contribution in [0.4, 0.5) is 11.4 Å². The zero-order valence-corrected chi connectivity index (χ0v) is 22.9. The molecule has 0 N–H and O–H groups in total. The van der Waals surface area contributed by atoms with E-state index in [9.17, 15) is 24.5 Å². The predicted octanol–water partition coefficient (Wildman–Crippen LogP) is 4.77. The first-order valence-electron chi connectivity index (χ1n) is 12.4. The summed E-state index contributed by atoms with van der Waals surface area (Å²) in [5.74, 6) is -2.75. The maximum atomic E-state index is 14.2. The molecule has 0 spiro atoms. The molecule has 3 aromatic rings. The number of Topliss-reactive ketones (excluding diaryl/α,β-unsaturated/α-hetero) is 1. The first-order chi connectivity index (χ1) is 19.3. The van der Waals surface area contributed by atoms with Crippen LogP contribution in [0.2, 0.25) is 0 Å². The lowest BCUT2D eigenvalue weighted by Crippen LogP contribution is -2.44. The number of nitrogens with zero attached hydrogens (tertiary/aromatic N) is 3. The number of ether oxygens (including phenoxy) is 2. The molecule has 0 unspecified atom stereocenters. The van der Waals surface area contributed by atoms with Crippen LogP contribution >= 0.6 is 15.9 Å². The van der Waals surface area contributed by atoms with Crippen LogP contribution in [0, 0.1) is 22.0 Å². The van der Waals surface area contributed by atoms with E-state index in [1.807, 2.05) is 30.3 Å². The summed E-state index contributed by atoms with van der Waals surface area (Å²) in [6, 6.07) is 14.6. The van der Waals surface area contributed by atoms with Crippen LogP contribution in [0.15, 0.2) is 71.3 Å². The lowest BCUT2D eigenvalue weighted by atomic mass is 9.83. The van der Waals surface area contributed by atoms with Gasteiger partial charge in [-0.15, -0.1) is 0 Å². The van der Waals surface area contributed by atoms with Crippen molar-refractivity contribution in [2.75, 3.05) is 19.1 Å². The third kappa shape index (κ3) is 3.72. The topological polar surface area (TPSA) is 119 Å². The molecule has 4 atom stereocenters. The highest BCUT2D eigenvalue weighted by Gasteiger charge is 2.65. The Morgan fingerprint density at radius 3 is 2.35 bits per heavy atom. The summed E-state index contributed by atoms with van der Waals surface area (Å²) in [6.45, 7) is 0. The van der Waals surface area contributed by atoms with E-state index in [-0.39, 0.29) is 22.9 Å². The fourth-order valence-corrected chi connectivity index (χ4v) is 6.59. The van der Waals surface area contributed by atoms with Gasteiger partial charge >= 0.3 is 0 Å². The Balaban J connectivity index is 1.50. The van der Waals surface area contributed by atoms with Crippen molar-refractivity contribution in [3.63, 3.8) is 0 Å². The average molecular weight is 604 g/mol. The van der Waals surface area contributed by atoms with Crippen LogP contribution in [-0.4, -0.2) is 47.7 Å². The minimum Gasteiger partial charge on any atom is -0.496 e. The molecule has 0 saturated carbocycles. The van der Waals surface area contributed by atoms with Crippen molar-refractivity contribution in [3.05, 3.63) is 98.1 Å². The van der Waals surface area contributed by atoms with Crippen LogP contribution in [0.25, 0.3) is 6.08 Å². The summed E-state index contributed by atoms with van der Waals surface area (Å²) < 4.78 is 11.2. The van der Waals surface area contributed by atoms with Gasteiger partial charge in [0.1, 0.15) is 23.2 Å². The molecule has 2 amide bonds. The van der Waals surface area contributed by atoms with Crippen molar-refractivity contribution in [1.29, 1.82) is 0 Å². The molecule has 10 nitrogen and oxygen atoms in total. The van der Waals surface area contributed by atoms with Crippen LogP contribution in [-0.2, 0) is 9.59 Å². The maximum absolute atomic E-state index is 14.2. The van der Waals surface area contributed by atoms with Crippen LogP contribution < -0.4 is 14.4 Å². The van der Waals surface area contributed by atoms with Gasteiger partial charge in [0.25, 0.3) is 5.69 Å². The SMILES string of the molecule is COc1ccc(C(=O)[C@@H]2[C@@H]3C(=O)N(c4cc([N+](=O)[O-])ccc4OC)C(=O)[C@H]3[C@H]3c4ccccc4C=CN23)cc1Br. The van der Waals surface area contributed by atoms with Gasteiger partial charge in [-0.3, -0.25) is 24.5 Å². The number of carbonyl (C=O) groups excluding carboxylic acids is 3. The van der Waals surface area contributed by atoms with Gasteiger partial charge in [-0.2, -0.15) is 0 Å². The standard InChI is InChI=1S/C29H22BrN3O7/c1-39-21-9-7-16(13-19(21)30)27(34)26-24-23(25-18-6-4-3-5-15(18)11-12-31(25)26)28(35)32(29(24)36)20-14-17(33(37)38)8-10-22(20)40-2/h3-14,23-26H,1-2H3/t23-,24-,25-,26+/m1/s1. The molecule has 3 heterocycles. The Kier molecular flexibility index (Phi) is 6.18. The van der Waals surface area contributed by atoms with Crippen molar-refractivity contribution >= 4 is 51.0 Å². The Labute approximate surface area is 237 Å². The number of hydrogen-bond acceptors (Lipinski definition) is 8. The van der Waals surface area contributed by atoms with Crippen LogP contribution in [0.1, 0.15) is 27.5 Å². The Morgan fingerprint density at radius 2 is 1.65 bits per heavy atom. The van der Waals surface area contributed by atoms with Crippen molar-refractivity contribution in [2.45, 2.75) is 12.1 Å². The van der Waals surface area contributed by atoms with Crippen molar-refractivity contribution in [1.82, 2.24) is 4.90 Å². The van der Waals surface area contributed by atoms with Gasteiger partial charge in [0.2, 0.25) is 11.8 Å². The van der Waals surface area contributed by atoms with E-state index in [1.54, 1.807) is 29.3 Å². The predicted molar refractivity (Wildman–Crippen MR) is 148 cm³/mol. The summed E-state index contributed by atoms with van der Waals surface area (Å²) in [5, 5.41) is 11.5. The third-order valence-corrected chi connectivity index (χ3v) is 8.40. The second-order valence-corrected chi connectivity index (χ2v) is 10.5. The van der Waals surface area contributed by atoms with E-state index in [2.05, 4.69) is 15.9 Å². The number of imide groups is 1. The van der Waals surface area contributed by atoms with Gasteiger partial charge in [-0.1, -0.05) is 24.3 Å². The molecule has 6 rings (SSSR count). The largest absolute Gasteiger partial charge is 0.496 e. The monoisotopic (exact) mass is 603 g/mol. The quantitative estimate of drug-likeness (QED) is 0.171. The first kappa shape index (κ1) is 25.8. The lowest BCUT2D eigenvalue weighted by Gasteiger charge is -2.35. The fraction of sp³-hybridized carbons (Fsp3) is 0.207. The Hall–Kier alpha value is -4.51. The van der Waals surface area contributed by atoms with Gasteiger partial charge in [0.15, 0.2) is 5.78 Å². The number of rotatable bonds is 6. The molecule has 3 aromatic carbocycles. The second-order valence-electron chi connectivity index (χ2n) is 9.67. The minimum atomic E-state index is -1.04. The number of non-ortho nitro benzene ring substituents is 1. The molecule has 0 aromatic heterocycles. The molecule has 0 aliphatic carbocycles. The van der Waals surface area contributed by atoms with Gasteiger partial charge in [0.05, 0.1) is 41.5 Å². The number of nitro benzene ring substituents is 1. The van der Waals surface area contributed by atoms with Gasteiger partial charge < -0.3 is 14.4 Å². The molecular formula is C29H22BrN3O7. The second kappa shape index (κ2) is 9.60. The van der Waals surface area contributed by atoms with Crippen molar-refractivity contribution in [3.8, 4) is 11.5 Å². The van der Waals surface area contributed by atoms with E-state index in [0.29, 0.717) is 15.8 Å². The molecule has 2 fully saturated rings. The summed E-state index contributed by atoms with van der Waals surface area (Å²) >= 11 is 3.42. The van der Waals surface area contributed by atoms with Crippen molar-refractivity contribution in [2.24, 2.45) is 11.8 Å². The highest BCUT2D eigenvalue weighted by molar-refractivity contribution is 9.10. The maximum Gasteiger partial charge on any atom is 0.271 e. The summed E-state index contributed by atoms with van der Waals surface area (Å²) in [5.41, 5.74) is 1.73. The van der Waals surface area contributed by atoms with E-state index >= 15 is 0 Å². The first-order valence-corrected chi connectivity index (χ1v) is 13.2. The molecular weight excluding hydrogens is 582 g/mol. The molecule has 0 bridgehead atoms. The molecule has 202 valence electrons. The van der Waals surface area contributed by atoms with Gasteiger partial charge in [-0.05, 0) is 57.4 Å². The highest BCUT2D eigenvalue weighted by atomic mass is 79.9. The summed E-state index contributed by atoms with van der Waals surface area (Å²) in [7, 11) is 2.87. The zero-order chi connectivity index (χ0) is 28.3. The zero-order valence-electron chi connectivity index (χ0n) is 21.3. The minimum absolute atomic E-state index is 0.0225. The number of methoxy groups -OCH3 is 2. The van der Waals surface area contributed by atoms with Crippen LogP contribution in [0.5, 0.6) is 11.5 Å². The van der Waals surface area contributed by atoms with Crippen molar-refractivity contribution < 1.29 is 28.8 Å². The number of fused-ring (bicyclic) bond motifs is 5. The Morgan fingerprint density at radius 1 is 0.950 bits per heavy atom. The highest BCUT2D eigenvalue weighted by Crippen LogP contribution is 2.54. The number of ketones is 1. The fourth-order valence-electron chi connectivity index (χ4n) is 6.05. The van der Waals surface area contributed by atoms with E-state index in [0.717, 1.165) is 22.1 Å². The van der Waals surface area contributed by atoms with E-state index < -0.39 is 40.7 Å². The number of amides is 2.